The number of hydrogen-bond donors (Lipinski definition) is 2. The predicted octanol–water partition coefficient (Wildman–Crippen LogP) is 9.37. The van der Waals surface area contributed by atoms with Crippen LogP contribution in [0.4, 0.5) is 23.0 Å². The Bertz CT molecular complexity index is 1710. The molecule has 212 valence electrons. The zero-order valence-electron chi connectivity index (χ0n) is 22.7. The summed E-state index contributed by atoms with van der Waals surface area (Å²) >= 11 is 0. The molecule has 0 spiro atoms. The van der Waals surface area contributed by atoms with E-state index in [4.69, 9.17) is 19.7 Å². The fraction of sp³-hybridized carbons (Fsp3) is 0.118. The molecule has 0 unspecified atom stereocenters. The van der Waals surface area contributed by atoms with Crippen molar-refractivity contribution in [3.05, 3.63) is 120 Å². The van der Waals surface area contributed by atoms with E-state index in [2.05, 4.69) is 59.2 Å². The summed E-state index contributed by atoms with van der Waals surface area (Å²) in [6, 6.07) is 36.4. The van der Waals surface area contributed by atoms with Crippen molar-refractivity contribution in [1.29, 1.82) is 0 Å². The third-order valence-corrected chi connectivity index (χ3v) is 7.27. The molecule has 0 amide bonds. The fourth-order valence-corrected chi connectivity index (χ4v) is 5.32. The number of hydrogen-bond acceptors (Lipinski definition) is 6. The molecule has 3 heterocycles. The smallest absolute Gasteiger partial charge is 0.202 e. The zero-order chi connectivity index (χ0) is 26.7. The van der Waals surface area contributed by atoms with Gasteiger partial charge in [0.15, 0.2) is 0 Å². The minimum atomic E-state index is 0. The van der Waals surface area contributed by atoms with Crippen LogP contribution in [0.3, 0.4) is 0 Å². The van der Waals surface area contributed by atoms with Crippen molar-refractivity contribution in [2.75, 3.05) is 10.6 Å². The summed E-state index contributed by atoms with van der Waals surface area (Å²) in [6.45, 7) is 0. The number of pyridine rings is 2. The van der Waals surface area contributed by atoms with Crippen LogP contribution in [0.5, 0.6) is 11.5 Å². The molecule has 1 aliphatic heterocycles. The number of fused-ring (bicyclic) bond motifs is 10. The molecule has 0 saturated carbocycles. The van der Waals surface area contributed by atoms with Crippen molar-refractivity contribution in [3.8, 4) is 11.5 Å². The molecular weight excluding hydrogens is 567 g/mol. The van der Waals surface area contributed by atoms with Gasteiger partial charge in [0.2, 0.25) is 11.5 Å². The fourth-order valence-electron chi connectivity index (χ4n) is 5.32. The van der Waals surface area contributed by atoms with Gasteiger partial charge in [-0.2, -0.15) is 0 Å². The zero-order valence-corrected chi connectivity index (χ0v) is 24.4. The van der Waals surface area contributed by atoms with E-state index in [-0.39, 0.29) is 24.8 Å². The van der Waals surface area contributed by atoms with Gasteiger partial charge in [-0.05, 0) is 85.3 Å². The number of para-hydroxylation sites is 6. The number of nitrogens with one attached hydrogen (secondary N) is 2. The van der Waals surface area contributed by atoms with Crippen molar-refractivity contribution < 1.29 is 9.78 Å². The van der Waals surface area contributed by atoms with Crippen molar-refractivity contribution >= 4 is 69.6 Å². The highest BCUT2D eigenvalue weighted by atomic mass is 35.5. The molecule has 0 atom stereocenters. The Balaban J connectivity index is 0.00000176. The normalized spacial score (nSPS) is 12.8. The van der Waals surface area contributed by atoms with Gasteiger partial charge in [-0.15, -0.1) is 24.8 Å². The lowest BCUT2D eigenvalue weighted by molar-refractivity contribution is -0.0984. The summed E-state index contributed by atoms with van der Waals surface area (Å²) in [7, 11) is 0. The van der Waals surface area contributed by atoms with E-state index in [9.17, 15) is 0 Å². The molecule has 0 radical (unpaired) electrons. The molecule has 1 aliphatic rings. The van der Waals surface area contributed by atoms with Crippen LogP contribution in [0.25, 0.3) is 21.8 Å². The van der Waals surface area contributed by atoms with Gasteiger partial charge in [0.25, 0.3) is 0 Å². The standard InChI is InChI=1S/C34H28N4O2.2ClH/c1-2-12-24-22-34(36-28-16-6-4-14-26(24)28)38-30-18-8-10-20-32(30)40-39-31-19-9-7-17-29(31)37-33-21-23(11-1)25-13-3-5-15-27(25)35-33;;/h3-10,13-22H,1-2,11-12H2,(H,35,37)(H,36,38);2*1H. The number of aryl methyl sites for hydroxylation is 2. The summed E-state index contributed by atoms with van der Waals surface area (Å²) in [6.07, 6.45) is 4.04. The summed E-state index contributed by atoms with van der Waals surface area (Å²) in [5.74, 6) is 2.66. The van der Waals surface area contributed by atoms with E-state index < -0.39 is 0 Å². The van der Waals surface area contributed by atoms with Crippen LogP contribution in [-0.2, 0) is 12.8 Å². The molecule has 2 N–H and O–H groups in total. The Morgan fingerprint density at radius 3 is 1.38 bits per heavy atom. The molecule has 0 fully saturated rings. The van der Waals surface area contributed by atoms with Crippen LogP contribution < -0.4 is 20.4 Å². The minimum absolute atomic E-state index is 0. The molecule has 4 bridgehead atoms. The van der Waals surface area contributed by atoms with Crippen LogP contribution in [-0.4, -0.2) is 9.97 Å². The molecule has 7 rings (SSSR count). The highest BCUT2D eigenvalue weighted by Gasteiger charge is 2.14. The molecule has 4 aromatic carbocycles. The maximum absolute atomic E-state index is 5.89. The van der Waals surface area contributed by atoms with E-state index >= 15 is 0 Å². The topological polar surface area (TPSA) is 68.3 Å². The maximum atomic E-state index is 5.89. The molecule has 2 aromatic heterocycles. The third-order valence-electron chi connectivity index (χ3n) is 7.27. The van der Waals surface area contributed by atoms with Gasteiger partial charge in [-0.1, -0.05) is 60.7 Å². The number of aromatic nitrogens is 2. The van der Waals surface area contributed by atoms with E-state index in [0.29, 0.717) is 11.5 Å². The Morgan fingerprint density at radius 1 is 0.500 bits per heavy atom. The first-order valence-corrected chi connectivity index (χ1v) is 13.6. The van der Waals surface area contributed by atoms with Crippen LogP contribution >= 0.6 is 24.8 Å². The molecule has 6 aromatic rings. The average molecular weight is 598 g/mol. The average Bonchev–Trinajstić information content (AvgIpc) is 2.99. The first-order valence-electron chi connectivity index (χ1n) is 13.6. The Morgan fingerprint density at radius 2 is 0.905 bits per heavy atom. The number of anilines is 4. The van der Waals surface area contributed by atoms with Crippen LogP contribution in [0.15, 0.2) is 109 Å². The van der Waals surface area contributed by atoms with Crippen LogP contribution in [0.1, 0.15) is 24.0 Å². The van der Waals surface area contributed by atoms with Crippen molar-refractivity contribution in [2.24, 2.45) is 0 Å². The first kappa shape index (κ1) is 29.0. The van der Waals surface area contributed by atoms with Gasteiger partial charge in [-0.25, -0.2) is 9.97 Å². The lowest BCUT2D eigenvalue weighted by Gasteiger charge is -2.16. The van der Waals surface area contributed by atoms with Crippen molar-refractivity contribution in [1.82, 2.24) is 9.97 Å². The minimum Gasteiger partial charge on any atom is -0.337 e. The second-order valence-corrected chi connectivity index (χ2v) is 9.98. The second-order valence-electron chi connectivity index (χ2n) is 9.98. The number of benzene rings is 4. The summed E-state index contributed by atoms with van der Waals surface area (Å²) in [5.41, 5.74) is 6.03. The van der Waals surface area contributed by atoms with E-state index in [1.165, 1.54) is 21.9 Å². The number of nitrogens with zero attached hydrogens (tertiary/aromatic N) is 2. The lowest BCUT2D eigenvalue weighted by atomic mass is 9.99. The molecule has 0 aliphatic carbocycles. The van der Waals surface area contributed by atoms with Gasteiger partial charge >= 0.3 is 0 Å². The highest BCUT2D eigenvalue weighted by molar-refractivity contribution is 5.86. The molecule has 0 saturated heterocycles. The number of halogens is 2. The van der Waals surface area contributed by atoms with Crippen molar-refractivity contribution in [3.63, 3.8) is 0 Å². The van der Waals surface area contributed by atoms with Gasteiger partial charge in [0, 0.05) is 10.8 Å². The van der Waals surface area contributed by atoms with E-state index in [0.717, 1.165) is 59.7 Å². The van der Waals surface area contributed by atoms with Gasteiger partial charge in [0.05, 0.1) is 22.4 Å². The Labute approximate surface area is 256 Å². The summed E-state index contributed by atoms with van der Waals surface area (Å²) in [4.78, 5) is 21.6. The quantitative estimate of drug-likeness (QED) is 0.170. The van der Waals surface area contributed by atoms with Gasteiger partial charge in [-0.3, -0.25) is 9.78 Å². The van der Waals surface area contributed by atoms with Gasteiger partial charge in [0.1, 0.15) is 11.6 Å². The summed E-state index contributed by atoms with van der Waals surface area (Å²) < 4.78 is 0. The monoisotopic (exact) mass is 596 g/mol. The van der Waals surface area contributed by atoms with Gasteiger partial charge < -0.3 is 10.6 Å². The number of rotatable bonds is 0. The second kappa shape index (κ2) is 13.0. The maximum Gasteiger partial charge on any atom is 0.202 e. The van der Waals surface area contributed by atoms with Crippen LogP contribution in [0.2, 0.25) is 0 Å². The Hall–Kier alpha value is -4.52. The summed E-state index contributed by atoms with van der Waals surface area (Å²) in [5, 5.41) is 9.31. The van der Waals surface area contributed by atoms with E-state index in [1.807, 2.05) is 60.7 Å². The molecule has 8 heteroatoms. The molecule has 6 nitrogen and oxygen atoms in total. The van der Waals surface area contributed by atoms with Crippen LogP contribution in [0, 0.1) is 0 Å². The SMILES string of the molecule is Cl.Cl.c1ccc2c(c1)Nc1cc(c3ccccc3n1)CCCCc1cc(nc3ccccc13)Nc1ccccc1OO2. The van der Waals surface area contributed by atoms with E-state index in [1.54, 1.807) is 0 Å². The molecule has 42 heavy (non-hydrogen) atoms. The van der Waals surface area contributed by atoms with Crippen molar-refractivity contribution in [2.45, 2.75) is 25.7 Å². The highest BCUT2D eigenvalue weighted by Crippen LogP contribution is 2.33. The Kier molecular flexibility index (Phi) is 8.96. The largest absolute Gasteiger partial charge is 0.337 e. The molecular formula is C34H30Cl2N4O2. The lowest BCUT2D eigenvalue weighted by Crippen LogP contribution is -2.06. The predicted molar refractivity (Wildman–Crippen MR) is 175 cm³/mol. The third kappa shape index (κ3) is 6.05. The first-order chi connectivity index (χ1) is 19.8.